The Bertz CT molecular complexity index is 1010. The number of methoxy groups -OCH3 is 1. The summed E-state index contributed by atoms with van der Waals surface area (Å²) in [6.07, 6.45) is 1.46. The Kier molecular flexibility index (Phi) is 5.54. The number of nitrogens with one attached hydrogen (secondary N) is 1. The van der Waals surface area contributed by atoms with Gasteiger partial charge in [-0.05, 0) is 36.2 Å². The number of amides is 1. The fourth-order valence-corrected chi connectivity index (χ4v) is 2.92. The highest BCUT2D eigenvalue weighted by atomic mass is 19.1. The van der Waals surface area contributed by atoms with Gasteiger partial charge < -0.3 is 10.1 Å². The minimum Gasteiger partial charge on any atom is -0.465 e. The van der Waals surface area contributed by atoms with Gasteiger partial charge in [0.25, 0.3) is 5.91 Å². The molecule has 0 spiro atoms. The zero-order valence-corrected chi connectivity index (χ0v) is 15.8. The third-order valence-corrected chi connectivity index (χ3v) is 4.23. The Morgan fingerprint density at radius 3 is 2.50 bits per heavy atom. The van der Waals surface area contributed by atoms with Crippen LogP contribution in [0, 0.1) is 5.82 Å². The van der Waals surface area contributed by atoms with Crippen molar-refractivity contribution in [2.75, 3.05) is 12.4 Å². The molecule has 0 saturated heterocycles. The summed E-state index contributed by atoms with van der Waals surface area (Å²) in [7, 11) is 1.23. The van der Waals surface area contributed by atoms with E-state index in [1.807, 2.05) is 44.2 Å². The molecule has 0 aliphatic carbocycles. The van der Waals surface area contributed by atoms with E-state index in [2.05, 4.69) is 15.2 Å². The zero-order valence-electron chi connectivity index (χ0n) is 15.8. The van der Waals surface area contributed by atoms with Gasteiger partial charge in [0.05, 0.1) is 41.5 Å². The number of halogens is 1. The summed E-state index contributed by atoms with van der Waals surface area (Å²) in [6.45, 7) is 3.90. The third kappa shape index (κ3) is 3.78. The van der Waals surface area contributed by atoms with Crippen LogP contribution in [0.15, 0.2) is 54.7 Å². The summed E-state index contributed by atoms with van der Waals surface area (Å²) in [5.74, 6) is -1.78. The summed E-state index contributed by atoms with van der Waals surface area (Å²) in [4.78, 5) is 24.5. The molecule has 1 amide bonds. The number of para-hydroxylation sites is 1. The van der Waals surface area contributed by atoms with E-state index in [0.717, 1.165) is 11.8 Å². The molecule has 3 aromatic rings. The maximum absolute atomic E-state index is 14.2. The Labute approximate surface area is 161 Å². The van der Waals surface area contributed by atoms with Crippen molar-refractivity contribution in [2.24, 2.45) is 0 Å². The standard InChI is InChI=1S/C21H20FN3O3/c1-13(2)19-16(12-23-25(19)15-7-5-4-6-8-15)20(26)24-18-11-14(21(27)28-3)9-10-17(18)22/h4-13H,1-3H3,(H,24,26). The Morgan fingerprint density at radius 2 is 1.86 bits per heavy atom. The van der Waals surface area contributed by atoms with Gasteiger partial charge in [0.15, 0.2) is 0 Å². The first-order valence-electron chi connectivity index (χ1n) is 8.75. The summed E-state index contributed by atoms with van der Waals surface area (Å²) < 4.78 is 20.5. The summed E-state index contributed by atoms with van der Waals surface area (Å²) in [6, 6.07) is 13.1. The predicted molar refractivity (Wildman–Crippen MR) is 103 cm³/mol. The predicted octanol–water partition coefficient (Wildman–Crippen LogP) is 4.17. The normalized spacial score (nSPS) is 10.8. The smallest absolute Gasteiger partial charge is 0.337 e. The van der Waals surface area contributed by atoms with E-state index >= 15 is 0 Å². The molecule has 0 unspecified atom stereocenters. The Hall–Kier alpha value is -3.48. The maximum atomic E-state index is 14.2. The molecule has 7 heteroatoms. The lowest BCUT2D eigenvalue weighted by atomic mass is 10.0. The van der Waals surface area contributed by atoms with E-state index in [0.29, 0.717) is 11.3 Å². The molecule has 1 aromatic heterocycles. The number of hydrogen-bond acceptors (Lipinski definition) is 4. The number of benzene rings is 2. The number of carbonyl (C=O) groups excluding carboxylic acids is 2. The summed E-state index contributed by atoms with van der Waals surface area (Å²) >= 11 is 0. The molecule has 0 radical (unpaired) electrons. The second-order valence-electron chi connectivity index (χ2n) is 6.49. The van der Waals surface area contributed by atoms with Crippen molar-refractivity contribution in [3.63, 3.8) is 0 Å². The van der Waals surface area contributed by atoms with E-state index in [-0.39, 0.29) is 17.2 Å². The highest BCUT2D eigenvalue weighted by Gasteiger charge is 2.22. The van der Waals surface area contributed by atoms with E-state index in [1.54, 1.807) is 4.68 Å². The molecule has 1 heterocycles. The average Bonchev–Trinajstić information content (AvgIpc) is 3.15. The second-order valence-corrected chi connectivity index (χ2v) is 6.49. The van der Waals surface area contributed by atoms with Crippen LogP contribution in [0.4, 0.5) is 10.1 Å². The molecule has 0 bridgehead atoms. The number of rotatable bonds is 5. The molecule has 6 nitrogen and oxygen atoms in total. The number of esters is 1. The first-order chi connectivity index (χ1) is 13.4. The molecule has 2 aromatic carbocycles. The quantitative estimate of drug-likeness (QED) is 0.673. The van der Waals surface area contributed by atoms with Gasteiger partial charge in [0.1, 0.15) is 5.82 Å². The van der Waals surface area contributed by atoms with Crippen LogP contribution in [0.3, 0.4) is 0 Å². The van der Waals surface area contributed by atoms with Gasteiger partial charge in [0, 0.05) is 0 Å². The summed E-state index contributed by atoms with van der Waals surface area (Å²) in [5.41, 5.74) is 1.90. The van der Waals surface area contributed by atoms with E-state index in [9.17, 15) is 14.0 Å². The van der Waals surface area contributed by atoms with Crippen molar-refractivity contribution in [1.82, 2.24) is 9.78 Å². The Morgan fingerprint density at radius 1 is 1.14 bits per heavy atom. The van der Waals surface area contributed by atoms with Crippen LogP contribution in [-0.4, -0.2) is 28.8 Å². The van der Waals surface area contributed by atoms with E-state index in [4.69, 9.17) is 0 Å². The maximum Gasteiger partial charge on any atom is 0.337 e. The molecular formula is C21H20FN3O3. The van der Waals surface area contributed by atoms with Crippen molar-refractivity contribution in [3.05, 3.63) is 77.4 Å². The highest BCUT2D eigenvalue weighted by Crippen LogP contribution is 2.25. The average molecular weight is 381 g/mol. The van der Waals surface area contributed by atoms with Gasteiger partial charge in [-0.1, -0.05) is 32.0 Å². The number of aromatic nitrogens is 2. The van der Waals surface area contributed by atoms with Gasteiger partial charge in [-0.2, -0.15) is 5.10 Å². The van der Waals surface area contributed by atoms with Crippen molar-refractivity contribution >= 4 is 17.6 Å². The van der Waals surface area contributed by atoms with Crippen LogP contribution < -0.4 is 5.32 Å². The van der Waals surface area contributed by atoms with Gasteiger partial charge in [-0.3, -0.25) is 4.79 Å². The van der Waals surface area contributed by atoms with Crippen molar-refractivity contribution in [3.8, 4) is 5.69 Å². The highest BCUT2D eigenvalue weighted by molar-refractivity contribution is 6.05. The fourth-order valence-electron chi connectivity index (χ4n) is 2.92. The first kappa shape index (κ1) is 19.3. The number of carbonyl (C=O) groups is 2. The van der Waals surface area contributed by atoms with Crippen molar-refractivity contribution in [1.29, 1.82) is 0 Å². The van der Waals surface area contributed by atoms with Crippen molar-refractivity contribution < 1.29 is 18.7 Å². The van der Waals surface area contributed by atoms with Gasteiger partial charge in [-0.25, -0.2) is 13.9 Å². The lowest BCUT2D eigenvalue weighted by Gasteiger charge is -2.13. The van der Waals surface area contributed by atoms with E-state index < -0.39 is 17.7 Å². The van der Waals surface area contributed by atoms with Gasteiger partial charge in [-0.15, -0.1) is 0 Å². The SMILES string of the molecule is COC(=O)c1ccc(F)c(NC(=O)c2cnn(-c3ccccc3)c2C(C)C)c1. The third-order valence-electron chi connectivity index (χ3n) is 4.23. The minimum absolute atomic E-state index is 0.00490. The molecule has 1 N–H and O–H groups in total. The lowest BCUT2D eigenvalue weighted by molar-refractivity contribution is 0.0600. The zero-order chi connectivity index (χ0) is 20.3. The summed E-state index contributed by atoms with van der Waals surface area (Å²) in [5, 5.41) is 6.87. The number of hydrogen-bond donors (Lipinski definition) is 1. The molecule has 0 saturated carbocycles. The number of anilines is 1. The first-order valence-corrected chi connectivity index (χ1v) is 8.75. The number of nitrogens with zero attached hydrogens (tertiary/aromatic N) is 2. The van der Waals surface area contributed by atoms with Crippen LogP contribution >= 0.6 is 0 Å². The number of ether oxygens (including phenoxy) is 1. The minimum atomic E-state index is -0.650. The molecule has 28 heavy (non-hydrogen) atoms. The Balaban J connectivity index is 1.96. The largest absolute Gasteiger partial charge is 0.465 e. The van der Waals surface area contributed by atoms with Crippen molar-refractivity contribution in [2.45, 2.75) is 19.8 Å². The molecule has 3 rings (SSSR count). The van der Waals surface area contributed by atoms with Gasteiger partial charge in [0.2, 0.25) is 0 Å². The lowest BCUT2D eigenvalue weighted by Crippen LogP contribution is -2.16. The van der Waals surface area contributed by atoms with Crippen LogP contribution in [0.2, 0.25) is 0 Å². The fraction of sp³-hybridized carbons (Fsp3) is 0.190. The van der Waals surface area contributed by atoms with Crippen LogP contribution in [0.25, 0.3) is 5.69 Å². The van der Waals surface area contributed by atoms with E-state index in [1.165, 1.54) is 25.4 Å². The molecule has 144 valence electrons. The monoisotopic (exact) mass is 381 g/mol. The molecule has 0 fully saturated rings. The molecule has 0 aliphatic heterocycles. The second kappa shape index (κ2) is 8.04. The van der Waals surface area contributed by atoms with Gasteiger partial charge >= 0.3 is 5.97 Å². The van der Waals surface area contributed by atoms with Crippen LogP contribution in [0.1, 0.15) is 46.2 Å². The molecular weight excluding hydrogens is 361 g/mol. The molecule has 0 atom stereocenters. The topological polar surface area (TPSA) is 73.2 Å². The van der Waals surface area contributed by atoms with Crippen LogP contribution in [-0.2, 0) is 4.74 Å². The van der Waals surface area contributed by atoms with Crippen LogP contribution in [0.5, 0.6) is 0 Å². The molecule has 0 aliphatic rings.